The van der Waals surface area contributed by atoms with Crippen LogP contribution in [0.1, 0.15) is 24.8 Å². The van der Waals surface area contributed by atoms with Gasteiger partial charge in [0.25, 0.3) is 0 Å². The fourth-order valence-corrected chi connectivity index (χ4v) is 4.21. The number of rotatable bonds is 5. The quantitative estimate of drug-likeness (QED) is 0.876. The van der Waals surface area contributed by atoms with Crippen LogP contribution in [0.4, 0.5) is 0 Å². The van der Waals surface area contributed by atoms with E-state index in [0.717, 1.165) is 35.8 Å². The van der Waals surface area contributed by atoms with Crippen LogP contribution in [-0.2, 0) is 16.6 Å². The minimum absolute atomic E-state index is 0.0930. The molecule has 1 heterocycles. The van der Waals surface area contributed by atoms with Gasteiger partial charge in [0.05, 0.1) is 5.75 Å². The van der Waals surface area contributed by atoms with Crippen molar-refractivity contribution >= 4 is 26.0 Å². The van der Waals surface area contributed by atoms with E-state index in [2.05, 4.69) is 21.2 Å². The maximum Gasteiger partial charge on any atom is 0.215 e. The first kappa shape index (κ1) is 15.9. The van der Waals surface area contributed by atoms with Gasteiger partial charge < -0.3 is 5.32 Å². The molecular formula is C14H21BrN2O2S. The summed E-state index contributed by atoms with van der Waals surface area (Å²) in [6.45, 7) is 1.32. The molecule has 1 unspecified atom stereocenters. The third kappa shape index (κ3) is 4.28. The Hall–Kier alpha value is -0.430. The summed E-state index contributed by atoms with van der Waals surface area (Å²) in [6, 6.07) is 7.81. The number of nitrogens with zero attached hydrogens (tertiary/aromatic N) is 1. The number of piperidine rings is 1. The van der Waals surface area contributed by atoms with E-state index in [4.69, 9.17) is 0 Å². The van der Waals surface area contributed by atoms with Crippen molar-refractivity contribution in [3.63, 3.8) is 0 Å². The second-order valence-electron chi connectivity index (χ2n) is 5.27. The van der Waals surface area contributed by atoms with Crippen molar-refractivity contribution in [2.75, 3.05) is 19.3 Å². The molecule has 1 atom stereocenters. The summed E-state index contributed by atoms with van der Waals surface area (Å²) >= 11 is 3.46. The van der Waals surface area contributed by atoms with Crippen LogP contribution in [0.5, 0.6) is 0 Å². The molecule has 1 aliphatic heterocycles. The van der Waals surface area contributed by atoms with E-state index in [1.165, 1.54) is 4.31 Å². The molecule has 1 saturated heterocycles. The molecule has 1 aromatic carbocycles. The molecule has 0 saturated carbocycles. The largest absolute Gasteiger partial charge is 0.313 e. The number of sulfonamides is 1. The zero-order chi connectivity index (χ0) is 14.6. The fraction of sp³-hybridized carbons (Fsp3) is 0.571. The van der Waals surface area contributed by atoms with Crippen molar-refractivity contribution in [1.29, 1.82) is 0 Å². The van der Waals surface area contributed by atoms with Crippen molar-refractivity contribution in [2.45, 2.75) is 31.8 Å². The van der Waals surface area contributed by atoms with E-state index in [1.54, 1.807) is 7.05 Å². The summed E-state index contributed by atoms with van der Waals surface area (Å²) in [4.78, 5) is 0. The minimum Gasteiger partial charge on any atom is -0.313 e. The molecule has 112 valence electrons. The maximum atomic E-state index is 12.4. The molecule has 1 N–H and O–H groups in total. The van der Waals surface area contributed by atoms with Crippen LogP contribution in [0.2, 0.25) is 0 Å². The highest BCUT2D eigenvalue weighted by Gasteiger charge is 2.25. The number of halogens is 1. The predicted octanol–water partition coefficient (Wildman–Crippen LogP) is 2.35. The first-order valence-corrected chi connectivity index (χ1v) is 9.30. The van der Waals surface area contributed by atoms with Crippen LogP contribution in [0.15, 0.2) is 28.7 Å². The van der Waals surface area contributed by atoms with Crippen molar-refractivity contribution in [2.24, 2.45) is 0 Å². The minimum atomic E-state index is -3.22. The van der Waals surface area contributed by atoms with E-state index < -0.39 is 10.0 Å². The molecule has 0 radical (unpaired) electrons. The highest BCUT2D eigenvalue weighted by atomic mass is 79.9. The van der Waals surface area contributed by atoms with Crippen LogP contribution >= 0.6 is 15.9 Å². The lowest BCUT2D eigenvalue weighted by Gasteiger charge is -2.26. The number of nitrogens with one attached hydrogen (secondary N) is 1. The van der Waals surface area contributed by atoms with Gasteiger partial charge in [-0.3, -0.25) is 0 Å². The summed E-state index contributed by atoms with van der Waals surface area (Å²) in [7, 11) is -1.57. The lowest BCUT2D eigenvalue weighted by Crippen LogP contribution is -2.43. The molecule has 4 nitrogen and oxygen atoms in total. The predicted molar refractivity (Wildman–Crippen MR) is 85.0 cm³/mol. The van der Waals surface area contributed by atoms with Crippen molar-refractivity contribution in [3.8, 4) is 0 Å². The molecule has 0 spiro atoms. The van der Waals surface area contributed by atoms with Crippen LogP contribution in [-0.4, -0.2) is 38.1 Å². The molecule has 1 fully saturated rings. The average Bonchev–Trinajstić information content (AvgIpc) is 2.42. The Bertz CT molecular complexity index is 542. The van der Waals surface area contributed by atoms with Gasteiger partial charge in [-0.25, -0.2) is 12.7 Å². The van der Waals surface area contributed by atoms with Crippen molar-refractivity contribution < 1.29 is 8.42 Å². The third-order valence-electron chi connectivity index (χ3n) is 3.65. The van der Waals surface area contributed by atoms with Gasteiger partial charge >= 0.3 is 0 Å². The Labute approximate surface area is 129 Å². The van der Waals surface area contributed by atoms with Crippen molar-refractivity contribution in [3.05, 3.63) is 34.3 Å². The van der Waals surface area contributed by atoms with E-state index in [0.29, 0.717) is 6.54 Å². The Balaban J connectivity index is 1.99. The lowest BCUT2D eigenvalue weighted by molar-refractivity contribution is 0.408. The van der Waals surface area contributed by atoms with E-state index >= 15 is 0 Å². The molecule has 1 aliphatic rings. The molecule has 0 aromatic heterocycles. The summed E-state index contributed by atoms with van der Waals surface area (Å²) < 4.78 is 27.2. The Morgan fingerprint density at radius 2 is 2.10 bits per heavy atom. The zero-order valence-electron chi connectivity index (χ0n) is 11.7. The molecule has 0 bridgehead atoms. The van der Waals surface area contributed by atoms with Gasteiger partial charge in [-0.1, -0.05) is 40.5 Å². The van der Waals surface area contributed by atoms with Crippen molar-refractivity contribution in [1.82, 2.24) is 9.62 Å². The van der Waals surface area contributed by atoms with Crippen LogP contribution in [0.25, 0.3) is 0 Å². The second kappa shape index (κ2) is 7.02. The number of hydrogen-bond acceptors (Lipinski definition) is 3. The Morgan fingerprint density at radius 3 is 2.75 bits per heavy atom. The highest BCUT2D eigenvalue weighted by Crippen LogP contribution is 2.19. The summed E-state index contributed by atoms with van der Waals surface area (Å²) in [5, 5.41) is 3.29. The number of hydrogen-bond donors (Lipinski definition) is 1. The van der Waals surface area contributed by atoms with Crippen LogP contribution in [0, 0.1) is 0 Å². The van der Waals surface area contributed by atoms with Gasteiger partial charge in [0.1, 0.15) is 0 Å². The standard InChI is InChI=1S/C14H21BrN2O2S/c1-17(10-12-6-2-3-8-14(12)15)20(18,19)11-13-7-4-5-9-16-13/h2-3,6,8,13,16H,4-5,7,9-11H2,1H3. The maximum absolute atomic E-state index is 12.4. The molecule has 2 rings (SSSR count). The summed E-state index contributed by atoms with van der Waals surface area (Å²) in [5.41, 5.74) is 0.982. The van der Waals surface area contributed by atoms with Gasteiger partial charge in [-0.2, -0.15) is 0 Å². The second-order valence-corrected chi connectivity index (χ2v) is 8.25. The molecule has 6 heteroatoms. The smallest absolute Gasteiger partial charge is 0.215 e. The first-order chi connectivity index (χ1) is 9.49. The molecule has 0 amide bonds. The van der Waals surface area contributed by atoms with Gasteiger partial charge in [-0.05, 0) is 31.0 Å². The topological polar surface area (TPSA) is 49.4 Å². The molecule has 0 aliphatic carbocycles. The average molecular weight is 361 g/mol. The SMILES string of the molecule is CN(Cc1ccccc1Br)S(=O)(=O)CC1CCCCN1. The third-order valence-corrected chi connectivity index (χ3v) is 6.33. The Kier molecular flexibility index (Phi) is 5.60. The Morgan fingerprint density at radius 1 is 1.35 bits per heavy atom. The van der Waals surface area contributed by atoms with Crippen LogP contribution in [0.3, 0.4) is 0 Å². The molecular weight excluding hydrogens is 340 g/mol. The normalized spacial score (nSPS) is 20.2. The first-order valence-electron chi connectivity index (χ1n) is 6.90. The summed E-state index contributed by atoms with van der Waals surface area (Å²) in [5.74, 6) is 0.188. The fourth-order valence-electron chi connectivity index (χ4n) is 2.41. The molecule has 20 heavy (non-hydrogen) atoms. The highest BCUT2D eigenvalue weighted by molar-refractivity contribution is 9.10. The molecule has 1 aromatic rings. The van der Waals surface area contributed by atoms with Crippen LogP contribution < -0.4 is 5.32 Å². The van der Waals surface area contributed by atoms with E-state index in [1.807, 2.05) is 24.3 Å². The van der Waals surface area contributed by atoms with Gasteiger partial charge in [0, 0.05) is 24.1 Å². The summed E-state index contributed by atoms with van der Waals surface area (Å²) in [6.07, 6.45) is 3.20. The van der Waals surface area contributed by atoms with E-state index in [9.17, 15) is 8.42 Å². The van der Waals surface area contributed by atoms with E-state index in [-0.39, 0.29) is 11.8 Å². The lowest BCUT2D eigenvalue weighted by atomic mass is 10.1. The van der Waals surface area contributed by atoms with Gasteiger partial charge in [-0.15, -0.1) is 0 Å². The number of benzene rings is 1. The van der Waals surface area contributed by atoms with Gasteiger partial charge in [0.15, 0.2) is 0 Å². The zero-order valence-corrected chi connectivity index (χ0v) is 14.1. The van der Waals surface area contributed by atoms with Gasteiger partial charge in [0.2, 0.25) is 10.0 Å². The monoisotopic (exact) mass is 360 g/mol.